The van der Waals surface area contributed by atoms with Gasteiger partial charge in [-0.1, -0.05) is 6.92 Å². The molecule has 0 saturated heterocycles. The third-order valence-corrected chi connectivity index (χ3v) is 1.66. The van der Waals surface area contributed by atoms with Gasteiger partial charge in [-0.25, -0.2) is 0 Å². The molecule has 1 aromatic heterocycles. The van der Waals surface area contributed by atoms with Gasteiger partial charge >= 0.3 is 0 Å². The van der Waals surface area contributed by atoms with Crippen LogP contribution in [0.5, 0.6) is 5.75 Å². The molecule has 0 aliphatic rings. The van der Waals surface area contributed by atoms with Crippen LogP contribution in [0.1, 0.15) is 27.2 Å². The lowest BCUT2D eigenvalue weighted by molar-refractivity contribution is 0.241. The van der Waals surface area contributed by atoms with Crippen molar-refractivity contribution < 1.29 is 4.74 Å². The van der Waals surface area contributed by atoms with Crippen LogP contribution >= 0.6 is 0 Å². The fourth-order valence-electron chi connectivity index (χ4n) is 1.12. The highest BCUT2D eigenvalue weighted by Gasteiger charge is 1.99. The van der Waals surface area contributed by atoms with E-state index in [0.717, 1.165) is 24.4 Å². The first-order valence-corrected chi connectivity index (χ1v) is 5.08. The summed E-state index contributed by atoms with van der Waals surface area (Å²) in [5, 5.41) is 3.27. The Balaban J connectivity index is 2.59. The molecule has 3 nitrogen and oxygen atoms in total. The minimum absolute atomic E-state index is 0.193. The third kappa shape index (κ3) is 3.64. The summed E-state index contributed by atoms with van der Waals surface area (Å²) in [6.07, 6.45) is 4.84. The Bertz CT molecular complexity index is 274. The summed E-state index contributed by atoms with van der Waals surface area (Å²) >= 11 is 0. The number of aromatic nitrogens is 1. The van der Waals surface area contributed by atoms with Gasteiger partial charge < -0.3 is 10.1 Å². The molecule has 0 bridgehead atoms. The topological polar surface area (TPSA) is 34.2 Å². The monoisotopic (exact) mass is 194 g/mol. The normalized spacial score (nSPS) is 10.3. The second-order valence-corrected chi connectivity index (χ2v) is 3.50. The molecule has 3 heteroatoms. The van der Waals surface area contributed by atoms with Crippen molar-refractivity contribution in [1.82, 2.24) is 4.98 Å². The molecule has 0 unspecified atom stereocenters. The standard InChI is InChI=1S/C11H18N2O/c1-4-5-13-10-6-11(8-12-7-10)14-9(2)3/h6-9,13H,4-5H2,1-3H3. The number of nitrogens with zero attached hydrogens (tertiary/aromatic N) is 1. The Morgan fingerprint density at radius 1 is 1.43 bits per heavy atom. The van der Waals surface area contributed by atoms with E-state index in [1.165, 1.54) is 0 Å². The Labute approximate surface area is 85.5 Å². The van der Waals surface area contributed by atoms with Crippen molar-refractivity contribution in [1.29, 1.82) is 0 Å². The number of hydrogen-bond acceptors (Lipinski definition) is 3. The molecule has 78 valence electrons. The van der Waals surface area contributed by atoms with E-state index in [-0.39, 0.29) is 6.10 Å². The molecule has 0 amide bonds. The number of anilines is 1. The maximum Gasteiger partial charge on any atom is 0.140 e. The molecule has 0 spiro atoms. The fraction of sp³-hybridized carbons (Fsp3) is 0.545. The lowest BCUT2D eigenvalue weighted by Gasteiger charge is -2.10. The Morgan fingerprint density at radius 2 is 2.21 bits per heavy atom. The van der Waals surface area contributed by atoms with Crippen LogP contribution in [-0.2, 0) is 0 Å². The molecular formula is C11H18N2O. The zero-order valence-electron chi connectivity index (χ0n) is 9.08. The van der Waals surface area contributed by atoms with Crippen molar-refractivity contribution in [2.75, 3.05) is 11.9 Å². The van der Waals surface area contributed by atoms with E-state index < -0.39 is 0 Å². The summed E-state index contributed by atoms with van der Waals surface area (Å²) < 4.78 is 5.53. The van der Waals surface area contributed by atoms with Crippen molar-refractivity contribution in [3.05, 3.63) is 18.5 Å². The molecule has 1 rings (SSSR count). The number of pyridine rings is 1. The lowest BCUT2D eigenvalue weighted by Crippen LogP contribution is -2.06. The van der Waals surface area contributed by atoms with Gasteiger partial charge in [0.2, 0.25) is 0 Å². The molecule has 0 radical (unpaired) electrons. The van der Waals surface area contributed by atoms with E-state index in [9.17, 15) is 0 Å². The largest absolute Gasteiger partial charge is 0.489 e. The van der Waals surface area contributed by atoms with Crippen LogP contribution in [0.2, 0.25) is 0 Å². The van der Waals surface area contributed by atoms with Gasteiger partial charge in [-0.15, -0.1) is 0 Å². The fourth-order valence-corrected chi connectivity index (χ4v) is 1.12. The average molecular weight is 194 g/mol. The first-order chi connectivity index (χ1) is 6.72. The summed E-state index contributed by atoms with van der Waals surface area (Å²) in [4.78, 5) is 4.10. The molecule has 1 heterocycles. The number of hydrogen-bond donors (Lipinski definition) is 1. The van der Waals surface area contributed by atoms with Crippen molar-refractivity contribution >= 4 is 5.69 Å². The molecule has 1 aromatic rings. The summed E-state index contributed by atoms with van der Waals surface area (Å²) in [6.45, 7) is 7.11. The smallest absolute Gasteiger partial charge is 0.140 e. The zero-order valence-corrected chi connectivity index (χ0v) is 9.08. The van der Waals surface area contributed by atoms with E-state index in [1.807, 2.05) is 26.1 Å². The van der Waals surface area contributed by atoms with E-state index in [2.05, 4.69) is 17.2 Å². The second kappa shape index (κ2) is 5.47. The molecule has 14 heavy (non-hydrogen) atoms. The molecular weight excluding hydrogens is 176 g/mol. The summed E-state index contributed by atoms with van der Waals surface area (Å²) in [7, 11) is 0. The average Bonchev–Trinajstić information content (AvgIpc) is 2.14. The Hall–Kier alpha value is -1.25. The van der Waals surface area contributed by atoms with E-state index in [0.29, 0.717) is 0 Å². The summed E-state index contributed by atoms with van der Waals surface area (Å²) in [5.74, 6) is 0.820. The number of nitrogens with one attached hydrogen (secondary N) is 1. The molecule has 0 aliphatic carbocycles. The predicted octanol–water partition coefficient (Wildman–Crippen LogP) is 2.69. The van der Waals surface area contributed by atoms with Crippen LogP contribution in [0.15, 0.2) is 18.5 Å². The van der Waals surface area contributed by atoms with Gasteiger partial charge in [0.15, 0.2) is 0 Å². The van der Waals surface area contributed by atoms with E-state index in [4.69, 9.17) is 4.74 Å². The molecule has 0 fully saturated rings. The highest BCUT2D eigenvalue weighted by atomic mass is 16.5. The number of ether oxygens (including phenoxy) is 1. The Kier molecular flexibility index (Phi) is 4.23. The summed E-state index contributed by atoms with van der Waals surface area (Å²) in [5.41, 5.74) is 1.02. The van der Waals surface area contributed by atoms with Crippen molar-refractivity contribution in [3.8, 4) is 5.75 Å². The van der Waals surface area contributed by atoms with Crippen LogP contribution in [0.4, 0.5) is 5.69 Å². The SMILES string of the molecule is CCCNc1cncc(OC(C)C)c1. The van der Waals surface area contributed by atoms with Crippen LogP contribution in [0, 0.1) is 0 Å². The van der Waals surface area contributed by atoms with Crippen molar-refractivity contribution in [3.63, 3.8) is 0 Å². The maximum absolute atomic E-state index is 5.53. The van der Waals surface area contributed by atoms with Gasteiger partial charge in [0, 0.05) is 12.6 Å². The Morgan fingerprint density at radius 3 is 2.86 bits per heavy atom. The van der Waals surface area contributed by atoms with Crippen molar-refractivity contribution in [2.24, 2.45) is 0 Å². The van der Waals surface area contributed by atoms with E-state index in [1.54, 1.807) is 6.20 Å². The minimum Gasteiger partial charge on any atom is -0.489 e. The molecule has 0 atom stereocenters. The highest BCUT2D eigenvalue weighted by molar-refractivity contribution is 5.45. The second-order valence-electron chi connectivity index (χ2n) is 3.50. The molecule has 1 N–H and O–H groups in total. The molecule has 0 saturated carbocycles. The van der Waals surface area contributed by atoms with Gasteiger partial charge in [-0.3, -0.25) is 4.98 Å². The third-order valence-electron chi connectivity index (χ3n) is 1.66. The van der Waals surface area contributed by atoms with Gasteiger partial charge in [0.25, 0.3) is 0 Å². The van der Waals surface area contributed by atoms with Gasteiger partial charge in [0.1, 0.15) is 5.75 Å². The van der Waals surface area contributed by atoms with Gasteiger partial charge in [-0.2, -0.15) is 0 Å². The van der Waals surface area contributed by atoms with Crippen LogP contribution < -0.4 is 10.1 Å². The first-order valence-electron chi connectivity index (χ1n) is 5.08. The lowest BCUT2D eigenvalue weighted by atomic mass is 10.3. The van der Waals surface area contributed by atoms with E-state index >= 15 is 0 Å². The molecule has 0 aliphatic heterocycles. The molecule has 0 aromatic carbocycles. The predicted molar refractivity (Wildman–Crippen MR) is 58.8 cm³/mol. The minimum atomic E-state index is 0.193. The zero-order chi connectivity index (χ0) is 10.4. The number of rotatable bonds is 5. The van der Waals surface area contributed by atoms with Crippen LogP contribution in [0.3, 0.4) is 0 Å². The van der Waals surface area contributed by atoms with Crippen LogP contribution in [-0.4, -0.2) is 17.6 Å². The van der Waals surface area contributed by atoms with Gasteiger partial charge in [-0.05, 0) is 20.3 Å². The van der Waals surface area contributed by atoms with Crippen LogP contribution in [0.25, 0.3) is 0 Å². The maximum atomic E-state index is 5.53. The summed E-state index contributed by atoms with van der Waals surface area (Å²) in [6, 6.07) is 1.97. The first kappa shape index (κ1) is 10.8. The van der Waals surface area contributed by atoms with Gasteiger partial charge in [0.05, 0.1) is 24.2 Å². The quantitative estimate of drug-likeness (QED) is 0.782. The highest BCUT2D eigenvalue weighted by Crippen LogP contribution is 2.16. The van der Waals surface area contributed by atoms with Crippen molar-refractivity contribution in [2.45, 2.75) is 33.3 Å².